The topological polar surface area (TPSA) is 53.1 Å². The van der Waals surface area contributed by atoms with Crippen molar-refractivity contribution in [3.05, 3.63) is 42.0 Å². The molecule has 0 aliphatic rings. The lowest BCUT2D eigenvalue weighted by Gasteiger charge is -2.10. The summed E-state index contributed by atoms with van der Waals surface area (Å²) in [6.07, 6.45) is 3.54. The summed E-state index contributed by atoms with van der Waals surface area (Å²) in [5.41, 5.74) is 8.78. The maximum Gasteiger partial charge on any atom is 0.121 e. The summed E-state index contributed by atoms with van der Waals surface area (Å²) in [7, 11) is 1.67. The van der Waals surface area contributed by atoms with E-state index in [0.29, 0.717) is 6.54 Å². The largest absolute Gasteiger partial charge is 0.496 e. The Kier molecular flexibility index (Phi) is 2.92. The highest BCUT2D eigenvalue weighted by molar-refractivity contribution is 5.44. The molecular formula is C12H15N3O. The second-order valence-corrected chi connectivity index (χ2v) is 3.61. The minimum atomic E-state index is 0.477. The summed E-state index contributed by atoms with van der Waals surface area (Å²) in [5, 5.41) is 0. The molecule has 2 aromatic rings. The van der Waals surface area contributed by atoms with Crippen LogP contribution in [0.2, 0.25) is 0 Å². The van der Waals surface area contributed by atoms with Gasteiger partial charge < -0.3 is 15.0 Å². The van der Waals surface area contributed by atoms with E-state index in [9.17, 15) is 0 Å². The number of imidazole rings is 1. The van der Waals surface area contributed by atoms with Crippen molar-refractivity contribution >= 4 is 0 Å². The van der Waals surface area contributed by atoms with Crippen LogP contribution in [0, 0.1) is 6.92 Å². The first-order valence-electron chi connectivity index (χ1n) is 5.12. The van der Waals surface area contributed by atoms with E-state index in [0.717, 1.165) is 22.7 Å². The van der Waals surface area contributed by atoms with E-state index in [1.807, 2.05) is 23.6 Å². The molecule has 0 radical (unpaired) electrons. The summed E-state index contributed by atoms with van der Waals surface area (Å²) >= 11 is 0. The SMILES string of the molecule is COc1ccc(-n2cncc2CN)cc1C. The highest BCUT2D eigenvalue weighted by Gasteiger charge is 2.05. The minimum Gasteiger partial charge on any atom is -0.496 e. The van der Waals surface area contributed by atoms with Gasteiger partial charge in [0.15, 0.2) is 0 Å². The first-order valence-corrected chi connectivity index (χ1v) is 5.12. The molecule has 84 valence electrons. The molecule has 0 aliphatic heterocycles. The van der Waals surface area contributed by atoms with E-state index in [2.05, 4.69) is 11.1 Å². The molecule has 2 N–H and O–H groups in total. The molecule has 0 bridgehead atoms. The Morgan fingerprint density at radius 1 is 1.44 bits per heavy atom. The van der Waals surface area contributed by atoms with Gasteiger partial charge in [-0.1, -0.05) is 0 Å². The Labute approximate surface area is 94.7 Å². The molecular weight excluding hydrogens is 202 g/mol. The standard InChI is InChI=1S/C12H15N3O/c1-9-5-10(3-4-12(9)16-2)15-8-14-7-11(15)6-13/h3-5,7-8H,6,13H2,1-2H3. The van der Waals surface area contributed by atoms with Crippen molar-refractivity contribution in [2.45, 2.75) is 13.5 Å². The van der Waals surface area contributed by atoms with Gasteiger partial charge in [-0.3, -0.25) is 0 Å². The number of rotatable bonds is 3. The fourth-order valence-corrected chi connectivity index (χ4v) is 1.72. The first kappa shape index (κ1) is 10.7. The van der Waals surface area contributed by atoms with E-state index in [1.54, 1.807) is 19.6 Å². The second kappa shape index (κ2) is 4.37. The highest BCUT2D eigenvalue weighted by atomic mass is 16.5. The number of nitrogens with zero attached hydrogens (tertiary/aromatic N) is 2. The van der Waals surface area contributed by atoms with Crippen molar-refractivity contribution in [1.82, 2.24) is 9.55 Å². The number of hydrogen-bond donors (Lipinski definition) is 1. The smallest absolute Gasteiger partial charge is 0.121 e. The second-order valence-electron chi connectivity index (χ2n) is 3.61. The highest BCUT2D eigenvalue weighted by Crippen LogP contribution is 2.21. The third kappa shape index (κ3) is 1.79. The molecule has 0 saturated carbocycles. The van der Waals surface area contributed by atoms with Crippen molar-refractivity contribution in [3.8, 4) is 11.4 Å². The lowest BCUT2D eigenvalue weighted by molar-refractivity contribution is 0.411. The summed E-state index contributed by atoms with van der Waals surface area (Å²) in [4.78, 5) is 4.09. The number of methoxy groups -OCH3 is 1. The normalized spacial score (nSPS) is 10.4. The zero-order chi connectivity index (χ0) is 11.5. The van der Waals surface area contributed by atoms with Crippen LogP contribution >= 0.6 is 0 Å². The Bertz CT molecular complexity index is 491. The van der Waals surface area contributed by atoms with Crippen LogP contribution in [0.3, 0.4) is 0 Å². The van der Waals surface area contributed by atoms with Crippen LogP contribution in [0.1, 0.15) is 11.3 Å². The Hall–Kier alpha value is -1.81. The van der Waals surface area contributed by atoms with Crippen molar-refractivity contribution < 1.29 is 4.74 Å². The van der Waals surface area contributed by atoms with Crippen molar-refractivity contribution in [3.63, 3.8) is 0 Å². The molecule has 0 saturated heterocycles. The number of ether oxygens (including phenoxy) is 1. The van der Waals surface area contributed by atoms with E-state index >= 15 is 0 Å². The van der Waals surface area contributed by atoms with Gasteiger partial charge in [0.25, 0.3) is 0 Å². The van der Waals surface area contributed by atoms with Gasteiger partial charge in [-0.15, -0.1) is 0 Å². The van der Waals surface area contributed by atoms with Gasteiger partial charge in [0, 0.05) is 18.4 Å². The maximum atomic E-state index is 5.64. The van der Waals surface area contributed by atoms with Crippen LogP contribution in [0.15, 0.2) is 30.7 Å². The average Bonchev–Trinajstić information content (AvgIpc) is 2.77. The molecule has 1 aromatic heterocycles. The molecule has 4 nitrogen and oxygen atoms in total. The third-order valence-corrected chi connectivity index (χ3v) is 2.58. The maximum absolute atomic E-state index is 5.64. The predicted octanol–water partition coefficient (Wildman–Crippen LogP) is 1.65. The number of benzene rings is 1. The van der Waals surface area contributed by atoms with Gasteiger partial charge in [0.2, 0.25) is 0 Å². The van der Waals surface area contributed by atoms with Crippen molar-refractivity contribution in [2.24, 2.45) is 5.73 Å². The van der Waals surface area contributed by atoms with Gasteiger partial charge in [-0.05, 0) is 30.7 Å². The van der Waals surface area contributed by atoms with Gasteiger partial charge in [-0.2, -0.15) is 0 Å². The van der Waals surface area contributed by atoms with Crippen LogP contribution in [-0.2, 0) is 6.54 Å². The summed E-state index contributed by atoms with van der Waals surface area (Å²) in [6, 6.07) is 6.00. The predicted molar refractivity (Wildman–Crippen MR) is 62.7 cm³/mol. The third-order valence-electron chi connectivity index (χ3n) is 2.58. The number of aryl methyl sites for hydroxylation is 1. The number of nitrogens with two attached hydrogens (primary N) is 1. The molecule has 0 fully saturated rings. The molecule has 1 heterocycles. The Morgan fingerprint density at radius 3 is 2.88 bits per heavy atom. The lowest BCUT2D eigenvalue weighted by atomic mass is 10.2. The molecule has 0 atom stereocenters. The van der Waals surface area contributed by atoms with Gasteiger partial charge in [0.05, 0.1) is 19.1 Å². The van der Waals surface area contributed by atoms with E-state index in [1.165, 1.54) is 0 Å². The fourth-order valence-electron chi connectivity index (χ4n) is 1.72. The van der Waals surface area contributed by atoms with Gasteiger partial charge in [-0.25, -0.2) is 4.98 Å². The Balaban J connectivity index is 2.45. The summed E-state index contributed by atoms with van der Waals surface area (Å²) < 4.78 is 7.20. The fraction of sp³-hybridized carbons (Fsp3) is 0.250. The van der Waals surface area contributed by atoms with E-state index < -0.39 is 0 Å². The molecule has 0 aliphatic carbocycles. The zero-order valence-electron chi connectivity index (χ0n) is 9.47. The van der Waals surface area contributed by atoms with E-state index in [4.69, 9.17) is 10.5 Å². The Morgan fingerprint density at radius 2 is 2.25 bits per heavy atom. The summed E-state index contributed by atoms with van der Waals surface area (Å²) in [6.45, 7) is 2.49. The first-order chi connectivity index (χ1) is 7.76. The van der Waals surface area contributed by atoms with Gasteiger partial charge >= 0.3 is 0 Å². The van der Waals surface area contributed by atoms with Crippen molar-refractivity contribution in [2.75, 3.05) is 7.11 Å². The quantitative estimate of drug-likeness (QED) is 0.850. The number of aromatic nitrogens is 2. The van der Waals surface area contributed by atoms with Gasteiger partial charge in [0.1, 0.15) is 5.75 Å². The zero-order valence-corrected chi connectivity index (χ0v) is 9.47. The lowest BCUT2D eigenvalue weighted by Crippen LogP contribution is -2.04. The van der Waals surface area contributed by atoms with Crippen LogP contribution in [0.5, 0.6) is 5.75 Å². The average molecular weight is 217 g/mol. The molecule has 0 spiro atoms. The van der Waals surface area contributed by atoms with Crippen LogP contribution in [0.4, 0.5) is 0 Å². The molecule has 16 heavy (non-hydrogen) atoms. The van der Waals surface area contributed by atoms with Crippen molar-refractivity contribution in [1.29, 1.82) is 0 Å². The van der Waals surface area contributed by atoms with Crippen LogP contribution in [-0.4, -0.2) is 16.7 Å². The molecule has 0 unspecified atom stereocenters. The molecule has 2 rings (SSSR count). The van der Waals surface area contributed by atoms with Crippen LogP contribution < -0.4 is 10.5 Å². The number of hydrogen-bond acceptors (Lipinski definition) is 3. The van der Waals surface area contributed by atoms with E-state index in [-0.39, 0.29) is 0 Å². The molecule has 1 aromatic carbocycles. The van der Waals surface area contributed by atoms with Crippen LogP contribution in [0.25, 0.3) is 5.69 Å². The monoisotopic (exact) mass is 217 g/mol. The minimum absolute atomic E-state index is 0.477. The molecule has 4 heteroatoms. The molecule has 0 amide bonds. The summed E-state index contributed by atoms with van der Waals surface area (Å²) in [5.74, 6) is 0.887.